The number of amides is 3. The molecule has 0 radical (unpaired) electrons. The summed E-state index contributed by atoms with van der Waals surface area (Å²) in [5.41, 5.74) is 0. The van der Waals surface area contributed by atoms with Gasteiger partial charge < -0.3 is 14.7 Å². The Kier molecular flexibility index (Phi) is 4.92. The van der Waals surface area contributed by atoms with Crippen LogP contribution in [-0.4, -0.2) is 71.2 Å². The van der Waals surface area contributed by atoms with Crippen molar-refractivity contribution in [3.05, 3.63) is 21.3 Å². The lowest BCUT2D eigenvalue weighted by molar-refractivity contribution is -0.148. The molecule has 140 valence electrons. The Morgan fingerprint density at radius 2 is 1.73 bits per heavy atom. The van der Waals surface area contributed by atoms with Gasteiger partial charge >= 0.3 is 0 Å². The number of nitrogens with zero attached hydrogens (tertiary/aromatic N) is 3. The van der Waals surface area contributed by atoms with E-state index in [2.05, 4.69) is 0 Å². The van der Waals surface area contributed by atoms with Crippen LogP contribution < -0.4 is 0 Å². The second-order valence-corrected chi connectivity index (χ2v) is 8.96. The molecular formula is C18H22ClN3O3S. The standard InChI is InChI=1S/C18H22ClN3O3S/c19-15-4-3-14(26-15)18(25)20-7-5-12(6-8-20)17(24)21-9-10-22(13-1-2-13)16(23)11-21/h3-4,12-13H,1-2,5-11H2. The van der Waals surface area contributed by atoms with E-state index in [1.54, 1.807) is 21.9 Å². The van der Waals surface area contributed by atoms with Crippen LogP contribution in [-0.2, 0) is 9.59 Å². The molecule has 3 amide bonds. The Morgan fingerprint density at radius 3 is 2.31 bits per heavy atom. The number of hydrogen-bond acceptors (Lipinski definition) is 4. The third-order valence-corrected chi connectivity index (χ3v) is 6.69. The molecule has 3 fully saturated rings. The summed E-state index contributed by atoms with van der Waals surface area (Å²) in [5.74, 6) is 0.0432. The molecule has 0 aromatic carbocycles. The quantitative estimate of drug-likeness (QED) is 0.787. The molecule has 0 N–H and O–H groups in total. The van der Waals surface area contributed by atoms with Crippen molar-refractivity contribution in [2.24, 2.45) is 5.92 Å². The Morgan fingerprint density at radius 1 is 1.00 bits per heavy atom. The van der Waals surface area contributed by atoms with Crippen molar-refractivity contribution in [2.75, 3.05) is 32.7 Å². The Labute approximate surface area is 161 Å². The second-order valence-electron chi connectivity index (χ2n) is 7.25. The predicted molar refractivity (Wildman–Crippen MR) is 99.3 cm³/mol. The summed E-state index contributed by atoms with van der Waals surface area (Å²) >= 11 is 7.19. The molecule has 3 aliphatic rings. The number of piperidine rings is 1. The van der Waals surface area contributed by atoms with Gasteiger partial charge in [0.05, 0.1) is 15.8 Å². The second kappa shape index (κ2) is 7.19. The van der Waals surface area contributed by atoms with E-state index in [9.17, 15) is 14.4 Å². The molecule has 2 saturated heterocycles. The van der Waals surface area contributed by atoms with E-state index in [-0.39, 0.29) is 30.2 Å². The Hall–Kier alpha value is -1.60. The van der Waals surface area contributed by atoms with E-state index >= 15 is 0 Å². The van der Waals surface area contributed by atoms with Crippen LogP contribution in [0.25, 0.3) is 0 Å². The van der Waals surface area contributed by atoms with Crippen molar-refractivity contribution in [1.29, 1.82) is 0 Å². The molecule has 4 rings (SSSR count). The molecule has 0 spiro atoms. The number of thiophene rings is 1. The fraction of sp³-hybridized carbons (Fsp3) is 0.611. The third kappa shape index (κ3) is 3.60. The zero-order chi connectivity index (χ0) is 18.3. The lowest BCUT2D eigenvalue weighted by atomic mass is 9.94. The van der Waals surface area contributed by atoms with E-state index < -0.39 is 0 Å². The van der Waals surface area contributed by atoms with Gasteiger partial charge in [-0.05, 0) is 37.8 Å². The van der Waals surface area contributed by atoms with Crippen molar-refractivity contribution >= 4 is 40.7 Å². The number of carbonyl (C=O) groups excluding carboxylic acids is 3. The number of likely N-dealkylation sites (tertiary alicyclic amines) is 1. The molecule has 0 unspecified atom stereocenters. The molecule has 2 aliphatic heterocycles. The summed E-state index contributed by atoms with van der Waals surface area (Å²) in [5, 5.41) is 0. The largest absolute Gasteiger partial charge is 0.338 e. The number of halogens is 1. The van der Waals surface area contributed by atoms with Gasteiger partial charge in [0.2, 0.25) is 11.8 Å². The lowest BCUT2D eigenvalue weighted by Crippen LogP contribution is -2.55. The summed E-state index contributed by atoms with van der Waals surface area (Å²) in [7, 11) is 0. The molecule has 1 aromatic heterocycles. The first-order chi connectivity index (χ1) is 12.5. The van der Waals surface area contributed by atoms with Crippen molar-refractivity contribution in [1.82, 2.24) is 14.7 Å². The monoisotopic (exact) mass is 395 g/mol. The average molecular weight is 396 g/mol. The van der Waals surface area contributed by atoms with Crippen LogP contribution in [0.15, 0.2) is 12.1 Å². The molecule has 26 heavy (non-hydrogen) atoms. The average Bonchev–Trinajstić information content (AvgIpc) is 3.40. The minimum Gasteiger partial charge on any atom is -0.338 e. The summed E-state index contributed by atoms with van der Waals surface area (Å²) < 4.78 is 0.605. The van der Waals surface area contributed by atoms with E-state index in [0.29, 0.717) is 54.3 Å². The minimum atomic E-state index is -0.0914. The molecule has 8 heteroatoms. The topological polar surface area (TPSA) is 60.9 Å². The van der Waals surface area contributed by atoms with Crippen molar-refractivity contribution in [3.8, 4) is 0 Å². The van der Waals surface area contributed by atoms with Crippen LogP contribution in [0.5, 0.6) is 0 Å². The number of hydrogen-bond donors (Lipinski definition) is 0. The summed E-state index contributed by atoms with van der Waals surface area (Å²) in [4.78, 5) is 43.6. The smallest absolute Gasteiger partial charge is 0.263 e. The number of carbonyl (C=O) groups is 3. The van der Waals surface area contributed by atoms with Gasteiger partial charge in [-0.25, -0.2) is 0 Å². The van der Waals surface area contributed by atoms with Crippen molar-refractivity contribution in [3.63, 3.8) is 0 Å². The van der Waals surface area contributed by atoms with E-state index in [1.807, 2.05) is 4.90 Å². The zero-order valence-corrected chi connectivity index (χ0v) is 16.1. The van der Waals surface area contributed by atoms with Gasteiger partial charge in [-0.15, -0.1) is 11.3 Å². The van der Waals surface area contributed by atoms with Crippen LogP contribution in [0.3, 0.4) is 0 Å². The zero-order valence-electron chi connectivity index (χ0n) is 14.5. The molecule has 1 aromatic rings. The van der Waals surface area contributed by atoms with Crippen LogP contribution in [0, 0.1) is 5.92 Å². The predicted octanol–water partition coefficient (Wildman–Crippen LogP) is 2.09. The highest BCUT2D eigenvalue weighted by Crippen LogP contribution is 2.29. The van der Waals surface area contributed by atoms with E-state index in [4.69, 9.17) is 11.6 Å². The Bertz CT molecular complexity index is 725. The van der Waals surface area contributed by atoms with Crippen LogP contribution in [0.2, 0.25) is 4.34 Å². The van der Waals surface area contributed by atoms with Crippen molar-refractivity contribution < 1.29 is 14.4 Å². The van der Waals surface area contributed by atoms with Crippen LogP contribution >= 0.6 is 22.9 Å². The van der Waals surface area contributed by atoms with Gasteiger partial charge in [0.15, 0.2) is 0 Å². The van der Waals surface area contributed by atoms with Gasteiger partial charge in [-0.2, -0.15) is 0 Å². The first-order valence-electron chi connectivity index (χ1n) is 9.16. The van der Waals surface area contributed by atoms with Crippen molar-refractivity contribution in [2.45, 2.75) is 31.7 Å². The molecular weight excluding hydrogens is 374 g/mol. The number of piperazine rings is 1. The van der Waals surface area contributed by atoms with Crippen LogP contribution in [0.4, 0.5) is 0 Å². The maximum absolute atomic E-state index is 12.8. The SMILES string of the molecule is O=C(c1ccc(Cl)s1)N1CCC(C(=O)N2CCN(C3CC3)C(=O)C2)CC1. The van der Waals surface area contributed by atoms with Gasteiger partial charge in [-0.1, -0.05) is 11.6 Å². The highest BCUT2D eigenvalue weighted by molar-refractivity contribution is 7.17. The maximum Gasteiger partial charge on any atom is 0.263 e. The van der Waals surface area contributed by atoms with E-state index in [1.165, 1.54) is 11.3 Å². The lowest BCUT2D eigenvalue weighted by Gasteiger charge is -2.38. The van der Waals surface area contributed by atoms with Crippen LogP contribution in [0.1, 0.15) is 35.4 Å². The first kappa shape index (κ1) is 17.8. The van der Waals surface area contributed by atoms with Gasteiger partial charge in [0, 0.05) is 38.1 Å². The summed E-state index contributed by atoms with van der Waals surface area (Å²) in [6.45, 7) is 2.64. The summed E-state index contributed by atoms with van der Waals surface area (Å²) in [6, 6.07) is 3.89. The molecule has 6 nitrogen and oxygen atoms in total. The van der Waals surface area contributed by atoms with Gasteiger partial charge in [0.1, 0.15) is 0 Å². The maximum atomic E-state index is 12.8. The molecule has 1 aliphatic carbocycles. The van der Waals surface area contributed by atoms with Gasteiger partial charge in [0.25, 0.3) is 5.91 Å². The highest BCUT2D eigenvalue weighted by atomic mass is 35.5. The third-order valence-electron chi connectivity index (χ3n) is 5.47. The highest BCUT2D eigenvalue weighted by Gasteiger charge is 2.38. The van der Waals surface area contributed by atoms with Gasteiger partial charge in [-0.3, -0.25) is 14.4 Å². The summed E-state index contributed by atoms with van der Waals surface area (Å²) in [6.07, 6.45) is 3.50. The normalized spacial score (nSPS) is 22.0. The number of rotatable bonds is 3. The molecule has 1 saturated carbocycles. The molecule has 0 bridgehead atoms. The fourth-order valence-corrected chi connectivity index (χ4v) is 4.83. The van der Waals surface area contributed by atoms with E-state index in [0.717, 1.165) is 12.8 Å². The Balaban J connectivity index is 1.29. The molecule has 3 heterocycles. The minimum absolute atomic E-state index is 0.0129. The molecule has 0 atom stereocenters. The first-order valence-corrected chi connectivity index (χ1v) is 10.4. The fourth-order valence-electron chi connectivity index (χ4n) is 3.82.